The molecule has 0 bridgehead atoms. The van der Waals surface area contributed by atoms with Crippen molar-refractivity contribution < 1.29 is 9.53 Å². The maximum atomic E-state index is 12.9. The molecule has 0 spiro atoms. The lowest BCUT2D eigenvalue weighted by Crippen LogP contribution is -2.34. The average Bonchev–Trinajstić information content (AvgIpc) is 3.22. The third kappa shape index (κ3) is 5.38. The Bertz CT molecular complexity index is 929. The number of rotatable bonds is 9. The van der Waals surface area contributed by atoms with E-state index in [1.807, 2.05) is 54.0 Å². The van der Waals surface area contributed by atoms with Gasteiger partial charge in [-0.15, -0.1) is 10.2 Å². The molecule has 0 saturated carbocycles. The van der Waals surface area contributed by atoms with Crippen LogP contribution in [-0.2, 0) is 4.79 Å². The van der Waals surface area contributed by atoms with E-state index in [1.165, 1.54) is 11.8 Å². The number of benzene rings is 2. The van der Waals surface area contributed by atoms with E-state index in [0.29, 0.717) is 5.16 Å². The predicted molar refractivity (Wildman–Crippen MR) is 115 cm³/mol. The van der Waals surface area contributed by atoms with Gasteiger partial charge in [-0.25, -0.2) is 0 Å². The molecule has 1 aromatic heterocycles. The molecule has 0 aliphatic carbocycles. The molecule has 3 aromatic rings. The Labute approximate surface area is 175 Å². The molecular formula is C22H26N4O2S. The molecule has 6 nitrogen and oxygen atoms in total. The Balaban J connectivity index is 1.71. The first kappa shape index (κ1) is 20.9. The van der Waals surface area contributed by atoms with Crippen molar-refractivity contribution in [2.24, 2.45) is 0 Å². The Morgan fingerprint density at radius 2 is 2.00 bits per heavy atom. The summed E-state index contributed by atoms with van der Waals surface area (Å²) in [5.41, 5.74) is 2.01. The number of nitrogens with zero attached hydrogens (tertiary/aromatic N) is 3. The first-order chi connectivity index (χ1) is 14.1. The van der Waals surface area contributed by atoms with Gasteiger partial charge in [-0.3, -0.25) is 9.36 Å². The second kappa shape index (κ2) is 10.1. The Hall–Kier alpha value is -2.80. The van der Waals surface area contributed by atoms with Crippen LogP contribution in [-0.4, -0.2) is 33.0 Å². The number of amides is 1. The Kier molecular flexibility index (Phi) is 7.30. The largest absolute Gasteiger partial charge is 0.497 e. The summed E-state index contributed by atoms with van der Waals surface area (Å²) in [6.07, 6.45) is 3.53. The summed E-state index contributed by atoms with van der Waals surface area (Å²) in [5, 5.41) is 11.8. The smallest absolute Gasteiger partial charge is 0.233 e. The summed E-state index contributed by atoms with van der Waals surface area (Å²) in [6.45, 7) is 4.01. The van der Waals surface area contributed by atoms with E-state index in [0.717, 1.165) is 29.8 Å². The summed E-state index contributed by atoms with van der Waals surface area (Å²) in [4.78, 5) is 12.9. The number of methoxy groups -OCH3 is 1. The van der Waals surface area contributed by atoms with Crippen molar-refractivity contribution >= 4 is 17.7 Å². The predicted octanol–water partition coefficient (Wildman–Crippen LogP) is 4.41. The van der Waals surface area contributed by atoms with Gasteiger partial charge in [0.25, 0.3) is 0 Å². The lowest BCUT2D eigenvalue weighted by atomic mass is 10.0. The van der Waals surface area contributed by atoms with Crippen molar-refractivity contribution in [3.63, 3.8) is 0 Å². The van der Waals surface area contributed by atoms with E-state index in [9.17, 15) is 4.79 Å². The molecule has 29 heavy (non-hydrogen) atoms. The molecule has 0 unspecified atom stereocenters. The van der Waals surface area contributed by atoms with Crippen LogP contribution in [0.1, 0.15) is 38.3 Å². The lowest BCUT2D eigenvalue weighted by molar-refractivity contribution is -0.121. The quantitative estimate of drug-likeness (QED) is 0.529. The number of aromatic nitrogens is 3. The van der Waals surface area contributed by atoms with Gasteiger partial charge in [0.15, 0.2) is 5.16 Å². The number of hydrogen-bond donors (Lipinski definition) is 1. The van der Waals surface area contributed by atoms with Crippen LogP contribution in [0.3, 0.4) is 0 Å². The fourth-order valence-corrected chi connectivity index (χ4v) is 3.89. The van der Waals surface area contributed by atoms with Crippen molar-refractivity contribution in [2.45, 2.75) is 43.1 Å². The molecule has 0 saturated heterocycles. The van der Waals surface area contributed by atoms with E-state index in [2.05, 4.69) is 34.6 Å². The molecule has 1 amide bonds. The molecule has 0 aliphatic heterocycles. The van der Waals surface area contributed by atoms with E-state index >= 15 is 0 Å². The minimum Gasteiger partial charge on any atom is -0.497 e. The first-order valence-electron chi connectivity index (χ1n) is 9.68. The number of ether oxygens (including phenoxy) is 1. The van der Waals surface area contributed by atoms with Gasteiger partial charge in [-0.1, -0.05) is 61.5 Å². The zero-order chi connectivity index (χ0) is 20.6. The van der Waals surface area contributed by atoms with Crippen LogP contribution in [0.4, 0.5) is 0 Å². The second-order valence-electron chi connectivity index (χ2n) is 6.71. The van der Waals surface area contributed by atoms with Gasteiger partial charge in [0.2, 0.25) is 5.91 Å². The molecule has 0 aliphatic rings. The number of carbonyl (C=O) groups is 1. The maximum absolute atomic E-state index is 12.9. The number of hydrogen-bond acceptors (Lipinski definition) is 5. The third-order valence-corrected chi connectivity index (χ3v) is 5.65. The van der Waals surface area contributed by atoms with Crippen LogP contribution in [0.25, 0.3) is 5.69 Å². The monoisotopic (exact) mass is 410 g/mol. The molecular weight excluding hydrogens is 384 g/mol. The van der Waals surface area contributed by atoms with Crippen LogP contribution in [0.15, 0.2) is 66.1 Å². The van der Waals surface area contributed by atoms with Gasteiger partial charge < -0.3 is 10.1 Å². The highest BCUT2D eigenvalue weighted by Gasteiger charge is 2.22. The molecule has 152 valence electrons. The molecule has 0 radical (unpaired) electrons. The van der Waals surface area contributed by atoms with Crippen LogP contribution >= 0.6 is 11.8 Å². The molecule has 0 fully saturated rings. The molecule has 2 atom stereocenters. The van der Waals surface area contributed by atoms with E-state index in [1.54, 1.807) is 13.4 Å². The maximum Gasteiger partial charge on any atom is 0.233 e. The van der Waals surface area contributed by atoms with Gasteiger partial charge in [-0.2, -0.15) is 0 Å². The van der Waals surface area contributed by atoms with E-state index < -0.39 is 0 Å². The first-order valence-corrected chi connectivity index (χ1v) is 10.6. The number of nitrogens with one attached hydrogen (secondary N) is 1. The summed E-state index contributed by atoms with van der Waals surface area (Å²) < 4.78 is 7.15. The minimum atomic E-state index is -0.313. The minimum absolute atomic E-state index is 0.00741. The standard InChI is InChI=1S/C22H26N4O2S/c1-4-9-20(17-10-6-5-7-11-17)24-21(27)16(2)29-22-25-23-15-26(22)18-12-8-13-19(14-18)28-3/h5-8,10-16,20H,4,9H2,1-3H3,(H,24,27)/t16-,20-/m1/s1. The molecule has 3 rings (SSSR count). The summed E-state index contributed by atoms with van der Waals surface area (Å²) in [5.74, 6) is 0.737. The average molecular weight is 411 g/mol. The fourth-order valence-electron chi connectivity index (χ4n) is 3.04. The topological polar surface area (TPSA) is 69.0 Å². The van der Waals surface area contributed by atoms with Gasteiger partial charge in [0.1, 0.15) is 12.1 Å². The zero-order valence-corrected chi connectivity index (χ0v) is 17.7. The van der Waals surface area contributed by atoms with Crippen molar-refractivity contribution in [2.75, 3.05) is 7.11 Å². The SMILES string of the molecule is CCC[C@@H](NC(=O)[C@@H](C)Sc1nncn1-c1cccc(OC)c1)c1ccccc1. The molecule has 1 heterocycles. The van der Waals surface area contributed by atoms with Gasteiger partial charge in [-0.05, 0) is 31.0 Å². The summed E-state index contributed by atoms with van der Waals surface area (Å²) in [6, 6.07) is 17.7. The highest BCUT2D eigenvalue weighted by Crippen LogP contribution is 2.26. The fraction of sp³-hybridized carbons (Fsp3) is 0.318. The van der Waals surface area contributed by atoms with Crippen LogP contribution in [0, 0.1) is 0 Å². The van der Waals surface area contributed by atoms with Crippen LogP contribution < -0.4 is 10.1 Å². The molecule has 1 N–H and O–H groups in total. The highest BCUT2D eigenvalue weighted by molar-refractivity contribution is 8.00. The Morgan fingerprint density at radius 3 is 2.72 bits per heavy atom. The highest BCUT2D eigenvalue weighted by atomic mass is 32.2. The summed E-state index contributed by atoms with van der Waals surface area (Å²) >= 11 is 1.39. The van der Waals surface area contributed by atoms with Gasteiger partial charge >= 0.3 is 0 Å². The van der Waals surface area contributed by atoms with Crippen molar-refractivity contribution in [1.82, 2.24) is 20.1 Å². The normalized spacial score (nSPS) is 12.9. The lowest BCUT2D eigenvalue weighted by Gasteiger charge is -2.21. The van der Waals surface area contributed by atoms with Crippen molar-refractivity contribution in [1.29, 1.82) is 0 Å². The van der Waals surface area contributed by atoms with Gasteiger partial charge in [0, 0.05) is 6.07 Å². The number of carbonyl (C=O) groups excluding carboxylic acids is 1. The Morgan fingerprint density at radius 1 is 1.21 bits per heavy atom. The van der Waals surface area contributed by atoms with Crippen LogP contribution in [0.2, 0.25) is 0 Å². The van der Waals surface area contributed by atoms with Crippen molar-refractivity contribution in [3.8, 4) is 11.4 Å². The zero-order valence-electron chi connectivity index (χ0n) is 16.9. The van der Waals surface area contributed by atoms with Crippen molar-refractivity contribution in [3.05, 3.63) is 66.5 Å². The number of thioether (sulfide) groups is 1. The van der Waals surface area contributed by atoms with E-state index in [-0.39, 0.29) is 17.2 Å². The van der Waals surface area contributed by atoms with Crippen LogP contribution in [0.5, 0.6) is 5.75 Å². The third-order valence-electron chi connectivity index (χ3n) is 4.60. The summed E-state index contributed by atoms with van der Waals surface area (Å²) in [7, 11) is 1.63. The van der Waals surface area contributed by atoms with Gasteiger partial charge in [0.05, 0.1) is 24.1 Å². The second-order valence-corrected chi connectivity index (χ2v) is 8.01. The molecule has 2 aromatic carbocycles. The molecule has 7 heteroatoms. The van der Waals surface area contributed by atoms with E-state index in [4.69, 9.17) is 4.74 Å².